The van der Waals surface area contributed by atoms with E-state index in [1.807, 2.05) is 54.0 Å². The summed E-state index contributed by atoms with van der Waals surface area (Å²) in [5.74, 6) is 1.78. The van der Waals surface area contributed by atoms with E-state index in [1.54, 1.807) is 26.2 Å². The first-order valence-corrected chi connectivity index (χ1v) is 12.7. The van der Waals surface area contributed by atoms with E-state index in [2.05, 4.69) is 19.2 Å². The van der Waals surface area contributed by atoms with Crippen LogP contribution in [-0.4, -0.2) is 61.2 Å². The summed E-state index contributed by atoms with van der Waals surface area (Å²) in [4.78, 5) is 29.3. The molecular weight excluding hydrogens is 470 g/mol. The van der Waals surface area contributed by atoms with Gasteiger partial charge in [0.1, 0.15) is 11.2 Å². The zero-order valence-corrected chi connectivity index (χ0v) is 22.6. The molecule has 0 aliphatic carbocycles. The average molecular weight is 508 g/mol. The Balaban J connectivity index is 1.70. The Hall–Kier alpha value is -3.68. The average Bonchev–Trinajstić information content (AvgIpc) is 3.26. The normalized spacial score (nSPS) is 17.2. The number of rotatable bonds is 10. The standard InChI is InChI=1S/C29H37N3O5/c1-19(2)13-15-30-28(34)29(3)18-31-22-10-8-7-9-21(22)17-23(31)27(33)32(29)16-14-20-11-12-24(35-4)26(37-6)25(20)36-5/h7-12,17,19H,13-16,18H2,1-6H3,(H,30,34)/t29-/m1/s1. The van der Waals surface area contributed by atoms with Gasteiger partial charge in [0.15, 0.2) is 11.5 Å². The zero-order chi connectivity index (χ0) is 26.7. The van der Waals surface area contributed by atoms with Crippen LogP contribution in [-0.2, 0) is 17.8 Å². The van der Waals surface area contributed by atoms with Gasteiger partial charge in [0.2, 0.25) is 11.7 Å². The summed E-state index contributed by atoms with van der Waals surface area (Å²) in [6.07, 6.45) is 1.35. The highest BCUT2D eigenvalue weighted by molar-refractivity contribution is 6.03. The largest absolute Gasteiger partial charge is 0.493 e. The molecule has 0 radical (unpaired) electrons. The van der Waals surface area contributed by atoms with Gasteiger partial charge >= 0.3 is 0 Å². The fraction of sp³-hybridized carbons (Fsp3) is 0.448. The number of ether oxygens (including phenoxy) is 3. The number of hydrogen-bond acceptors (Lipinski definition) is 5. The summed E-state index contributed by atoms with van der Waals surface area (Å²) in [5.41, 5.74) is 1.34. The van der Waals surface area contributed by atoms with Crippen molar-refractivity contribution >= 4 is 22.7 Å². The third-order valence-corrected chi connectivity index (χ3v) is 7.22. The number of nitrogens with zero attached hydrogens (tertiary/aromatic N) is 2. The second-order valence-corrected chi connectivity index (χ2v) is 10.1. The molecule has 1 atom stereocenters. The third kappa shape index (κ3) is 4.84. The Bertz CT molecular complexity index is 1300. The lowest BCUT2D eigenvalue weighted by atomic mass is 9.93. The smallest absolute Gasteiger partial charge is 0.271 e. The number of carbonyl (C=O) groups is 2. The molecule has 0 saturated heterocycles. The monoisotopic (exact) mass is 507 g/mol. The molecule has 1 N–H and O–H groups in total. The molecule has 8 nitrogen and oxygen atoms in total. The van der Waals surface area contributed by atoms with Crippen LogP contribution in [0.4, 0.5) is 0 Å². The molecular formula is C29H37N3O5. The number of benzene rings is 2. The van der Waals surface area contributed by atoms with Gasteiger partial charge in [-0.1, -0.05) is 38.1 Å². The van der Waals surface area contributed by atoms with Crippen LogP contribution in [0.3, 0.4) is 0 Å². The maximum Gasteiger partial charge on any atom is 0.271 e. The molecule has 2 amide bonds. The van der Waals surface area contributed by atoms with Crippen LogP contribution in [0.1, 0.15) is 43.2 Å². The van der Waals surface area contributed by atoms with Crippen LogP contribution >= 0.6 is 0 Å². The van der Waals surface area contributed by atoms with Gasteiger partial charge in [0.05, 0.1) is 27.9 Å². The topological polar surface area (TPSA) is 82.0 Å². The van der Waals surface area contributed by atoms with Gasteiger partial charge in [-0.15, -0.1) is 0 Å². The number of aromatic nitrogens is 1. The van der Waals surface area contributed by atoms with E-state index < -0.39 is 5.54 Å². The van der Waals surface area contributed by atoms with Crippen molar-refractivity contribution in [2.24, 2.45) is 5.92 Å². The summed E-state index contributed by atoms with van der Waals surface area (Å²) < 4.78 is 18.6. The van der Waals surface area contributed by atoms with Crippen LogP contribution in [0.5, 0.6) is 17.2 Å². The fourth-order valence-corrected chi connectivity index (χ4v) is 5.11. The lowest BCUT2D eigenvalue weighted by Crippen LogP contribution is -2.64. The van der Waals surface area contributed by atoms with E-state index in [0.29, 0.717) is 54.9 Å². The molecule has 2 heterocycles. The Morgan fingerprint density at radius 2 is 1.78 bits per heavy atom. The summed E-state index contributed by atoms with van der Waals surface area (Å²) in [7, 11) is 4.72. The second-order valence-electron chi connectivity index (χ2n) is 10.1. The summed E-state index contributed by atoms with van der Waals surface area (Å²) in [6, 6.07) is 13.5. The van der Waals surface area contributed by atoms with Crippen molar-refractivity contribution in [3.05, 3.63) is 53.7 Å². The Morgan fingerprint density at radius 1 is 1.05 bits per heavy atom. The molecule has 1 aromatic heterocycles. The van der Waals surface area contributed by atoms with Crippen LogP contribution in [0.2, 0.25) is 0 Å². The third-order valence-electron chi connectivity index (χ3n) is 7.22. The van der Waals surface area contributed by atoms with Gasteiger partial charge in [-0.05, 0) is 43.9 Å². The van der Waals surface area contributed by atoms with E-state index in [1.165, 1.54) is 0 Å². The van der Waals surface area contributed by atoms with Crippen molar-refractivity contribution in [1.82, 2.24) is 14.8 Å². The number of methoxy groups -OCH3 is 3. The van der Waals surface area contributed by atoms with E-state index in [0.717, 1.165) is 22.9 Å². The minimum Gasteiger partial charge on any atom is -0.493 e. The predicted octanol–water partition coefficient (Wildman–Crippen LogP) is 4.29. The highest BCUT2D eigenvalue weighted by Gasteiger charge is 2.47. The minimum atomic E-state index is -1.06. The van der Waals surface area contributed by atoms with Gasteiger partial charge in [-0.3, -0.25) is 9.59 Å². The van der Waals surface area contributed by atoms with E-state index in [9.17, 15) is 9.59 Å². The maximum absolute atomic E-state index is 13.9. The lowest BCUT2D eigenvalue weighted by molar-refractivity contribution is -0.132. The first-order chi connectivity index (χ1) is 17.7. The zero-order valence-electron chi connectivity index (χ0n) is 22.6. The highest BCUT2D eigenvalue weighted by atomic mass is 16.5. The van der Waals surface area contributed by atoms with Gasteiger partial charge in [-0.25, -0.2) is 0 Å². The van der Waals surface area contributed by atoms with Crippen molar-refractivity contribution in [2.75, 3.05) is 34.4 Å². The number of fused-ring (bicyclic) bond motifs is 3. The van der Waals surface area contributed by atoms with Crippen molar-refractivity contribution in [3.63, 3.8) is 0 Å². The summed E-state index contributed by atoms with van der Waals surface area (Å²) in [5, 5.41) is 4.08. The van der Waals surface area contributed by atoms with Crippen molar-refractivity contribution in [2.45, 2.75) is 45.7 Å². The molecule has 3 aromatic rings. The molecule has 0 fully saturated rings. The van der Waals surface area contributed by atoms with Gasteiger partial charge < -0.3 is 29.0 Å². The van der Waals surface area contributed by atoms with E-state index in [-0.39, 0.29) is 11.8 Å². The van der Waals surface area contributed by atoms with Crippen LogP contribution in [0.15, 0.2) is 42.5 Å². The van der Waals surface area contributed by atoms with Crippen molar-refractivity contribution < 1.29 is 23.8 Å². The van der Waals surface area contributed by atoms with Crippen LogP contribution in [0, 0.1) is 5.92 Å². The SMILES string of the molecule is COc1ccc(CCN2C(=O)c3cc4ccccc4n3C[C@]2(C)C(=O)NCCC(C)C)c(OC)c1OC. The minimum absolute atomic E-state index is 0.149. The molecule has 1 aliphatic heterocycles. The fourth-order valence-electron chi connectivity index (χ4n) is 5.11. The first kappa shape index (κ1) is 26.4. The molecule has 1 aliphatic rings. The van der Waals surface area contributed by atoms with Crippen molar-refractivity contribution in [1.29, 1.82) is 0 Å². The number of carbonyl (C=O) groups excluding carboxylic acids is 2. The quantitative estimate of drug-likeness (QED) is 0.443. The maximum atomic E-state index is 13.9. The Labute approximate surface area is 218 Å². The number of nitrogens with one attached hydrogen (secondary N) is 1. The summed E-state index contributed by atoms with van der Waals surface area (Å²) in [6.45, 7) is 7.38. The predicted molar refractivity (Wildman–Crippen MR) is 144 cm³/mol. The molecule has 0 spiro atoms. The molecule has 37 heavy (non-hydrogen) atoms. The number of para-hydroxylation sites is 1. The van der Waals surface area contributed by atoms with Crippen LogP contribution < -0.4 is 19.5 Å². The second kappa shape index (κ2) is 10.7. The molecule has 0 saturated carbocycles. The Kier molecular flexibility index (Phi) is 7.66. The molecule has 198 valence electrons. The first-order valence-electron chi connectivity index (χ1n) is 12.7. The van der Waals surface area contributed by atoms with Gasteiger partial charge in [0, 0.05) is 29.6 Å². The number of hydrogen-bond donors (Lipinski definition) is 1. The van der Waals surface area contributed by atoms with E-state index >= 15 is 0 Å². The lowest BCUT2D eigenvalue weighted by Gasteiger charge is -2.44. The molecule has 4 rings (SSSR count). The molecule has 2 aromatic carbocycles. The highest BCUT2D eigenvalue weighted by Crippen LogP contribution is 2.40. The molecule has 0 unspecified atom stereocenters. The van der Waals surface area contributed by atoms with Gasteiger partial charge in [-0.2, -0.15) is 0 Å². The van der Waals surface area contributed by atoms with Crippen LogP contribution in [0.25, 0.3) is 10.9 Å². The molecule has 8 heteroatoms. The number of amides is 2. The summed E-state index contributed by atoms with van der Waals surface area (Å²) >= 11 is 0. The van der Waals surface area contributed by atoms with Gasteiger partial charge in [0.25, 0.3) is 5.91 Å². The molecule has 0 bridgehead atoms. The Morgan fingerprint density at radius 3 is 2.46 bits per heavy atom. The van der Waals surface area contributed by atoms with Crippen molar-refractivity contribution in [3.8, 4) is 17.2 Å². The van der Waals surface area contributed by atoms with E-state index in [4.69, 9.17) is 14.2 Å².